The smallest absolute Gasteiger partial charge is 0.382 e. The first-order valence-corrected chi connectivity index (χ1v) is 7.90. The van der Waals surface area contributed by atoms with Gasteiger partial charge in [-0.05, 0) is 47.9 Å². The van der Waals surface area contributed by atoms with Gasteiger partial charge in [0.2, 0.25) is 0 Å². The fourth-order valence-electron chi connectivity index (χ4n) is 2.78. The number of piperidine rings is 1. The molecule has 114 valence electrons. The van der Waals surface area contributed by atoms with Crippen molar-refractivity contribution in [3.8, 4) is 0 Å². The zero-order valence-corrected chi connectivity index (χ0v) is 12.3. The molecule has 1 aromatic carbocycles. The van der Waals surface area contributed by atoms with Crippen molar-refractivity contribution in [2.75, 3.05) is 25.0 Å². The molecule has 0 radical (unpaired) electrons. The van der Waals surface area contributed by atoms with E-state index >= 15 is 0 Å². The lowest BCUT2D eigenvalue weighted by Gasteiger charge is -2.33. The molecule has 2 nitrogen and oxygen atoms in total. The molecule has 1 saturated heterocycles. The highest BCUT2D eigenvalue weighted by Gasteiger charge is 2.32. The number of nitrogens with one attached hydrogen (secondary N) is 1. The Kier molecular flexibility index (Phi) is 4.08. The van der Waals surface area contributed by atoms with Gasteiger partial charge < -0.3 is 5.32 Å². The van der Waals surface area contributed by atoms with Gasteiger partial charge in [-0.3, -0.25) is 4.90 Å². The van der Waals surface area contributed by atoms with Crippen LogP contribution in [0.15, 0.2) is 29.6 Å². The van der Waals surface area contributed by atoms with Crippen molar-refractivity contribution in [3.63, 3.8) is 0 Å². The summed E-state index contributed by atoms with van der Waals surface area (Å²) in [6.07, 6.45) is -2.60. The van der Waals surface area contributed by atoms with Gasteiger partial charge in [-0.1, -0.05) is 0 Å². The van der Waals surface area contributed by atoms with Gasteiger partial charge in [0, 0.05) is 29.5 Å². The molecule has 3 rings (SSSR count). The van der Waals surface area contributed by atoms with Crippen molar-refractivity contribution in [2.45, 2.75) is 25.1 Å². The Labute approximate surface area is 125 Å². The molecule has 1 fully saturated rings. The largest absolute Gasteiger partial charge is 0.401 e. The van der Waals surface area contributed by atoms with Gasteiger partial charge in [0.25, 0.3) is 0 Å². The minimum atomic E-state index is -4.09. The first-order chi connectivity index (χ1) is 9.99. The second-order valence-electron chi connectivity index (χ2n) is 5.48. The van der Waals surface area contributed by atoms with E-state index < -0.39 is 12.7 Å². The summed E-state index contributed by atoms with van der Waals surface area (Å²) < 4.78 is 38.3. The van der Waals surface area contributed by atoms with Crippen molar-refractivity contribution in [3.05, 3.63) is 29.6 Å². The number of fused-ring (bicyclic) bond motifs is 1. The third-order valence-electron chi connectivity index (χ3n) is 3.81. The molecule has 21 heavy (non-hydrogen) atoms. The number of alkyl halides is 3. The van der Waals surface area contributed by atoms with E-state index in [0.717, 1.165) is 18.5 Å². The molecule has 0 aliphatic carbocycles. The Morgan fingerprint density at radius 1 is 1.19 bits per heavy atom. The lowest BCUT2D eigenvalue weighted by molar-refractivity contribution is -0.147. The Bertz CT molecular complexity index is 600. The highest BCUT2D eigenvalue weighted by Crippen LogP contribution is 2.26. The van der Waals surface area contributed by atoms with Crippen molar-refractivity contribution in [1.82, 2.24) is 4.90 Å². The van der Waals surface area contributed by atoms with Crippen LogP contribution in [-0.4, -0.2) is 36.8 Å². The summed E-state index contributed by atoms with van der Waals surface area (Å²) in [6, 6.07) is 8.57. The van der Waals surface area contributed by atoms with Gasteiger partial charge in [-0.25, -0.2) is 0 Å². The quantitative estimate of drug-likeness (QED) is 0.906. The van der Waals surface area contributed by atoms with Gasteiger partial charge in [-0.15, -0.1) is 11.3 Å². The molecule has 0 unspecified atom stereocenters. The second kappa shape index (κ2) is 5.85. The van der Waals surface area contributed by atoms with Gasteiger partial charge in [0.1, 0.15) is 0 Å². The minimum absolute atomic E-state index is 0.255. The zero-order valence-electron chi connectivity index (χ0n) is 11.5. The maximum absolute atomic E-state index is 12.3. The van der Waals surface area contributed by atoms with E-state index in [1.807, 2.05) is 6.07 Å². The molecule has 0 bridgehead atoms. The van der Waals surface area contributed by atoms with E-state index in [4.69, 9.17) is 0 Å². The van der Waals surface area contributed by atoms with Gasteiger partial charge in [-0.2, -0.15) is 13.2 Å². The van der Waals surface area contributed by atoms with E-state index in [0.29, 0.717) is 13.1 Å². The number of likely N-dealkylation sites (tertiary alicyclic amines) is 1. The Morgan fingerprint density at radius 2 is 1.95 bits per heavy atom. The monoisotopic (exact) mass is 314 g/mol. The van der Waals surface area contributed by atoms with Crippen LogP contribution in [0.25, 0.3) is 10.1 Å². The highest BCUT2D eigenvalue weighted by molar-refractivity contribution is 7.17. The Balaban J connectivity index is 1.55. The third-order valence-corrected chi connectivity index (χ3v) is 4.71. The molecular formula is C15H17F3N2S. The van der Waals surface area contributed by atoms with Gasteiger partial charge in [0.05, 0.1) is 6.54 Å². The summed E-state index contributed by atoms with van der Waals surface area (Å²) in [5.41, 5.74) is 1.05. The molecule has 0 spiro atoms. The average Bonchev–Trinajstić information content (AvgIpc) is 2.87. The normalized spacial score (nSPS) is 18.2. The summed E-state index contributed by atoms with van der Waals surface area (Å²) in [7, 11) is 0. The van der Waals surface area contributed by atoms with Crippen LogP contribution in [0.2, 0.25) is 0 Å². The highest BCUT2D eigenvalue weighted by atomic mass is 32.1. The van der Waals surface area contributed by atoms with E-state index in [1.165, 1.54) is 15.0 Å². The van der Waals surface area contributed by atoms with Gasteiger partial charge >= 0.3 is 6.18 Å². The number of halogens is 3. The van der Waals surface area contributed by atoms with Crippen LogP contribution in [0, 0.1) is 0 Å². The first kappa shape index (κ1) is 14.7. The molecule has 1 N–H and O–H groups in total. The van der Waals surface area contributed by atoms with Crippen molar-refractivity contribution in [2.24, 2.45) is 0 Å². The Morgan fingerprint density at radius 3 is 2.67 bits per heavy atom. The van der Waals surface area contributed by atoms with E-state index in [2.05, 4.69) is 28.9 Å². The van der Waals surface area contributed by atoms with Crippen LogP contribution >= 0.6 is 11.3 Å². The maximum atomic E-state index is 12.3. The minimum Gasteiger partial charge on any atom is -0.382 e. The van der Waals surface area contributed by atoms with E-state index in [1.54, 1.807) is 11.3 Å². The Hall–Kier alpha value is -1.27. The van der Waals surface area contributed by atoms with Gasteiger partial charge in [0.15, 0.2) is 0 Å². The summed E-state index contributed by atoms with van der Waals surface area (Å²) >= 11 is 1.71. The van der Waals surface area contributed by atoms with E-state index in [-0.39, 0.29) is 6.04 Å². The van der Waals surface area contributed by atoms with Crippen LogP contribution in [-0.2, 0) is 0 Å². The number of rotatable bonds is 3. The molecule has 1 aromatic heterocycles. The van der Waals surface area contributed by atoms with Crippen LogP contribution in [0.4, 0.5) is 18.9 Å². The zero-order chi connectivity index (χ0) is 14.9. The number of anilines is 1. The van der Waals surface area contributed by atoms with Crippen molar-refractivity contribution < 1.29 is 13.2 Å². The summed E-state index contributed by atoms with van der Waals surface area (Å²) in [6.45, 7) is 0.205. The fourth-order valence-corrected chi connectivity index (χ4v) is 3.55. The SMILES string of the molecule is FC(F)(F)CN1CCC(Nc2ccc3sccc3c2)CC1. The van der Waals surface area contributed by atoms with Crippen LogP contribution < -0.4 is 5.32 Å². The predicted molar refractivity (Wildman–Crippen MR) is 81.0 cm³/mol. The summed E-state index contributed by atoms with van der Waals surface area (Å²) in [4.78, 5) is 1.49. The number of hydrogen-bond donors (Lipinski definition) is 1. The third kappa shape index (κ3) is 3.89. The molecule has 1 aliphatic rings. The molecular weight excluding hydrogens is 297 g/mol. The topological polar surface area (TPSA) is 15.3 Å². The molecule has 0 saturated carbocycles. The first-order valence-electron chi connectivity index (χ1n) is 7.02. The van der Waals surface area contributed by atoms with Crippen LogP contribution in [0.3, 0.4) is 0 Å². The molecule has 1 aliphatic heterocycles. The van der Waals surface area contributed by atoms with Crippen molar-refractivity contribution in [1.29, 1.82) is 0 Å². The number of benzene rings is 1. The lowest BCUT2D eigenvalue weighted by atomic mass is 10.0. The standard InChI is InChI=1S/C15H17F3N2S/c16-15(17,18)10-20-6-3-12(4-7-20)19-13-1-2-14-11(9-13)5-8-21-14/h1-2,5,8-9,12,19H,3-4,6-7,10H2. The van der Waals surface area contributed by atoms with E-state index in [9.17, 15) is 13.2 Å². The lowest BCUT2D eigenvalue weighted by Crippen LogP contribution is -2.43. The average molecular weight is 314 g/mol. The number of thiophene rings is 1. The maximum Gasteiger partial charge on any atom is 0.401 e. The molecule has 2 aromatic rings. The summed E-state index contributed by atoms with van der Waals surface area (Å²) in [5.74, 6) is 0. The molecule has 0 atom stereocenters. The molecule has 2 heterocycles. The fraction of sp³-hybridized carbons (Fsp3) is 0.467. The predicted octanol–water partition coefficient (Wildman–Crippen LogP) is 4.34. The molecule has 6 heteroatoms. The van der Waals surface area contributed by atoms with Crippen LogP contribution in [0.1, 0.15) is 12.8 Å². The molecule has 0 amide bonds. The van der Waals surface area contributed by atoms with Crippen LogP contribution in [0.5, 0.6) is 0 Å². The summed E-state index contributed by atoms with van der Waals surface area (Å²) in [5, 5.41) is 6.71. The van der Waals surface area contributed by atoms with Crippen molar-refractivity contribution >= 4 is 27.1 Å². The number of nitrogens with zero attached hydrogens (tertiary/aromatic N) is 1. The second-order valence-corrected chi connectivity index (χ2v) is 6.43. The number of hydrogen-bond acceptors (Lipinski definition) is 3.